The molecule has 0 saturated heterocycles. The standard InChI is InChI=1S/C14H25N3O3/c1-7-20-13(18)11-12(9(2)3)17(16-15-11)8-14(6,19)10(4)5/h9-10,19H,7-8H2,1-6H3. The van der Waals surface area contributed by atoms with Crippen LogP contribution in [0.5, 0.6) is 0 Å². The van der Waals surface area contributed by atoms with E-state index in [1.807, 2.05) is 27.7 Å². The Bertz CT molecular complexity index is 464. The Balaban J connectivity index is 3.13. The zero-order chi connectivity index (χ0) is 15.5. The van der Waals surface area contributed by atoms with E-state index in [0.29, 0.717) is 18.8 Å². The van der Waals surface area contributed by atoms with Gasteiger partial charge in [0.2, 0.25) is 0 Å². The van der Waals surface area contributed by atoms with Gasteiger partial charge in [0, 0.05) is 0 Å². The highest BCUT2D eigenvalue weighted by molar-refractivity contribution is 5.88. The summed E-state index contributed by atoms with van der Waals surface area (Å²) < 4.78 is 6.60. The van der Waals surface area contributed by atoms with Crippen molar-refractivity contribution in [2.45, 2.75) is 59.6 Å². The molecular formula is C14H25N3O3. The summed E-state index contributed by atoms with van der Waals surface area (Å²) >= 11 is 0. The Kier molecular flexibility index (Phi) is 5.28. The van der Waals surface area contributed by atoms with E-state index < -0.39 is 11.6 Å². The van der Waals surface area contributed by atoms with Gasteiger partial charge in [0.05, 0.1) is 24.4 Å². The van der Waals surface area contributed by atoms with Gasteiger partial charge >= 0.3 is 5.97 Å². The third kappa shape index (κ3) is 3.56. The molecule has 0 bridgehead atoms. The van der Waals surface area contributed by atoms with E-state index in [0.717, 1.165) is 0 Å². The second kappa shape index (κ2) is 6.35. The van der Waals surface area contributed by atoms with E-state index in [1.54, 1.807) is 18.5 Å². The molecule has 1 aromatic heterocycles. The normalized spacial score (nSPS) is 14.7. The van der Waals surface area contributed by atoms with E-state index in [2.05, 4.69) is 10.3 Å². The van der Waals surface area contributed by atoms with Gasteiger partial charge in [-0.3, -0.25) is 0 Å². The lowest BCUT2D eigenvalue weighted by molar-refractivity contribution is -0.00699. The van der Waals surface area contributed by atoms with Gasteiger partial charge in [0.25, 0.3) is 0 Å². The van der Waals surface area contributed by atoms with Gasteiger partial charge in [-0.05, 0) is 25.7 Å². The summed E-state index contributed by atoms with van der Waals surface area (Å²) in [5, 5.41) is 18.3. The van der Waals surface area contributed by atoms with Gasteiger partial charge < -0.3 is 9.84 Å². The Hall–Kier alpha value is -1.43. The number of ether oxygens (including phenoxy) is 1. The zero-order valence-corrected chi connectivity index (χ0v) is 13.2. The van der Waals surface area contributed by atoms with Gasteiger partial charge in [0.15, 0.2) is 5.69 Å². The second-order valence-corrected chi connectivity index (χ2v) is 5.87. The molecule has 0 aromatic carbocycles. The number of hydrogen-bond acceptors (Lipinski definition) is 5. The van der Waals surface area contributed by atoms with Crippen LogP contribution in [-0.4, -0.2) is 38.3 Å². The molecule has 6 heteroatoms. The predicted molar refractivity (Wildman–Crippen MR) is 75.5 cm³/mol. The molecule has 1 N–H and O–H groups in total. The van der Waals surface area contributed by atoms with Gasteiger partial charge in [-0.2, -0.15) is 0 Å². The van der Waals surface area contributed by atoms with E-state index in [1.165, 1.54) is 0 Å². The highest BCUT2D eigenvalue weighted by atomic mass is 16.5. The highest BCUT2D eigenvalue weighted by Gasteiger charge is 2.30. The van der Waals surface area contributed by atoms with E-state index in [9.17, 15) is 9.90 Å². The van der Waals surface area contributed by atoms with Crippen LogP contribution in [0.25, 0.3) is 0 Å². The van der Waals surface area contributed by atoms with Crippen molar-refractivity contribution in [1.82, 2.24) is 15.0 Å². The van der Waals surface area contributed by atoms with Crippen LogP contribution in [0.3, 0.4) is 0 Å². The highest BCUT2D eigenvalue weighted by Crippen LogP contribution is 2.23. The fraction of sp³-hybridized carbons (Fsp3) is 0.786. The number of hydrogen-bond donors (Lipinski definition) is 1. The van der Waals surface area contributed by atoms with Gasteiger partial charge in [-0.15, -0.1) is 5.10 Å². The first kappa shape index (κ1) is 16.6. The largest absolute Gasteiger partial charge is 0.461 e. The summed E-state index contributed by atoms with van der Waals surface area (Å²) in [7, 11) is 0. The van der Waals surface area contributed by atoms with E-state index in [4.69, 9.17) is 4.74 Å². The van der Waals surface area contributed by atoms with Crippen LogP contribution in [0.2, 0.25) is 0 Å². The molecule has 1 rings (SSSR count). The lowest BCUT2D eigenvalue weighted by Crippen LogP contribution is -2.37. The fourth-order valence-corrected chi connectivity index (χ4v) is 1.84. The first-order valence-electron chi connectivity index (χ1n) is 7.03. The SMILES string of the molecule is CCOC(=O)c1nnn(CC(C)(O)C(C)C)c1C(C)C. The average Bonchev–Trinajstić information content (AvgIpc) is 2.72. The smallest absolute Gasteiger partial charge is 0.360 e. The van der Waals surface area contributed by atoms with E-state index in [-0.39, 0.29) is 17.5 Å². The maximum atomic E-state index is 11.9. The summed E-state index contributed by atoms with van der Waals surface area (Å²) in [5.74, 6) is -0.336. The molecule has 0 aliphatic rings. The van der Waals surface area contributed by atoms with Crippen LogP contribution < -0.4 is 0 Å². The lowest BCUT2D eigenvalue weighted by atomic mass is 9.92. The molecule has 0 spiro atoms. The first-order chi connectivity index (χ1) is 9.20. The molecular weight excluding hydrogens is 258 g/mol. The van der Waals surface area contributed by atoms with Crippen molar-refractivity contribution in [3.05, 3.63) is 11.4 Å². The average molecular weight is 283 g/mol. The topological polar surface area (TPSA) is 77.2 Å². The van der Waals surface area contributed by atoms with Crippen molar-refractivity contribution >= 4 is 5.97 Å². The third-order valence-corrected chi connectivity index (χ3v) is 3.50. The maximum absolute atomic E-state index is 11.9. The summed E-state index contributed by atoms with van der Waals surface area (Å²) in [6.07, 6.45) is 0. The Morgan fingerprint density at radius 1 is 1.40 bits per heavy atom. The molecule has 0 radical (unpaired) electrons. The van der Waals surface area contributed by atoms with Crippen molar-refractivity contribution in [2.24, 2.45) is 5.92 Å². The predicted octanol–water partition coefficient (Wildman–Crippen LogP) is 1.99. The molecule has 20 heavy (non-hydrogen) atoms. The molecule has 0 aliphatic heterocycles. The number of aromatic nitrogens is 3. The monoisotopic (exact) mass is 283 g/mol. The van der Waals surface area contributed by atoms with E-state index >= 15 is 0 Å². The molecule has 114 valence electrons. The molecule has 0 aliphatic carbocycles. The number of nitrogens with zero attached hydrogens (tertiary/aromatic N) is 3. The van der Waals surface area contributed by atoms with Crippen LogP contribution in [0.15, 0.2) is 0 Å². The maximum Gasteiger partial charge on any atom is 0.360 e. The number of aliphatic hydroxyl groups is 1. The van der Waals surface area contributed by atoms with Crippen molar-refractivity contribution in [2.75, 3.05) is 6.61 Å². The fourth-order valence-electron chi connectivity index (χ4n) is 1.84. The number of esters is 1. The molecule has 1 aromatic rings. The molecule has 1 unspecified atom stereocenters. The number of rotatable bonds is 6. The van der Waals surface area contributed by atoms with Crippen LogP contribution >= 0.6 is 0 Å². The minimum absolute atomic E-state index is 0.0624. The summed E-state index contributed by atoms with van der Waals surface area (Å²) in [5.41, 5.74) is 0.0225. The van der Waals surface area contributed by atoms with Gasteiger partial charge in [0.1, 0.15) is 0 Å². The van der Waals surface area contributed by atoms with Crippen molar-refractivity contribution in [3.63, 3.8) is 0 Å². The molecule has 1 atom stereocenters. The van der Waals surface area contributed by atoms with Crippen LogP contribution in [0.4, 0.5) is 0 Å². The van der Waals surface area contributed by atoms with Crippen LogP contribution in [-0.2, 0) is 11.3 Å². The van der Waals surface area contributed by atoms with Crippen molar-refractivity contribution in [1.29, 1.82) is 0 Å². The van der Waals surface area contributed by atoms with Gasteiger partial charge in [-0.1, -0.05) is 32.9 Å². The molecule has 0 fully saturated rings. The van der Waals surface area contributed by atoms with Gasteiger partial charge in [-0.25, -0.2) is 9.48 Å². The number of carbonyl (C=O) groups is 1. The zero-order valence-electron chi connectivity index (χ0n) is 13.2. The third-order valence-electron chi connectivity index (χ3n) is 3.50. The second-order valence-electron chi connectivity index (χ2n) is 5.87. The molecule has 6 nitrogen and oxygen atoms in total. The molecule has 1 heterocycles. The Morgan fingerprint density at radius 2 is 2.00 bits per heavy atom. The lowest BCUT2D eigenvalue weighted by Gasteiger charge is -2.28. The molecule has 0 saturated carbocycles. The summed E-state index contributed by atoms with van der Waals surface area (Å²) in [4.78, 5) is 11.9. The Labute approximate surface area is 120 Å². The van der Waals surface area contributed by atoms with Crippen molar-refractivity contribution in [3.8, 4) is 0 Å². The quantitative estimate of drug-likeness (QED) is 0.808. The minimum Gasteiger partial charge on any atom is -0.461 e. The first-order valence-corrected chi connectivity index (χ1v) is 7.03. The summed E-state index contributed by atoms with van der Waals surface area (Å²) in [6, 6.07) is 0. The number of carbonyl (C=O) groups excluding carboxylic acids is 1. The van der Waals surface area contributed by atoms with Crippen LogP contribution in [0.1, 0.15) is 63.6 Å². The van der Waals surface area contributed by atoms with Crippen molar-refractivity contribution < 1.29 is 14.6 Å². The minimum atomic E-state index is -0.913. The van der Waals surface area contributed by atoms with Crippen LogP contribution in [0, 0.1) is 5.92 Å². The Morgan fingerprint density at radius 3 is 2.45 bits per heavy atom. The molecule has 0 amide bonds. The summed E-state index contributed by atoms with van der Waals surface area (Å²) in [6.45, 7) is 11.9.